The van der Waals surface area contributed by atoms with E-state index in [2.05, 4.69) is 16.0 Å². The zero-order valence-electron chi connectivity index (χ0n) is 20.5. The van der Waals surface area contributed by atoms with Gasteiger partial charge in [0.25, 0.3) is 5.91 Å². The molecule has 1 atom stereocenters. The molecule has 1 saturated carbocycles. The fourth-order valence-corrected chi connectivity index (χ4v) is 4.19. The minimum absolute atomic E-state index is 0.0487. The molecule has 7 heteroatoms. The fraction of sp³-hybridized carbons (Fsp3) is 0.481. The van der Waals surface area contributed by atoms with E-state index in [4.69, 9.17) is 9.47 Å². The molecule has 3 rings (SSSR count). The maximum Gasteiger partial charge on any atom is 0.255 e. The molecule has 1 aliphatic rings. The molecule has 2 aromatic carbocycles. The minimum Gasteiger partial charge on any atom is -0.492 e. The number of rotatable bonds is 11. The second-order valence-electron chi connectivity index (χ2n) is 8.65. The summed E-state index contributed by atoms with van der Waals surface area (Å²) in [4.78, 5) is 25.5. The standard InChI is InChI=1S/C27H37N3O4/c1-4-33-24-17-23(30-27(32)21-14-10-7-11-15-21)25(34-5-2)16-22(24)29-19(3)26(31)28-18-20-12-8-6-9-13-20/h7,10-11,14-17,19-20,29H,4-6,8-9,12-13,18H2,1-3H3,(H,28,31)(H,30,32). The highest BCUT2D eigenvalue weighted by Gasteiger charge is 2.20. The summed E-state index contributed by atoms with van der Waals surface area (Å²) in [5.74, 6) is 1.34. The van der Waals surface area contributed by atoms with Crippen LogP contribution in [0.5, 0.6) is 11.5 Å². The van der Waals surface area contributed by atoms with E-state index in [1.165, 1.54) is 32.1 Å². The zero-order valence-corrected chi connectivity index (χ0v) is 20.5. The molecule has 0 saturated heterocycles. The molecule has 0 heterocycles. The summed E-state index contributed by atoms with van der Waals surface area (Å²) >= 11 is 0. The number of hydrogen-bond acceptors (Lipinski definition) is 5. The number of nitrogens with one attached hydrogen (secondary N) is 3. The molecule has 184 valence electrons. The molecule has 2 amide bonds. The number of benzene rings is 2. The Morgan fingerprint density at radius 1 is 0.941 bits per heavy atom. The van der Waals surface area contributed by atoms with Crippen LogP contribution in [-0.2, 0) is 4.79 Å². The summed E-state index contributed by atoms with van der Waals surface area (Å²) in [6, 6.07) is 12.1. The Labute approximate surface area is 202 Å². The van der Waals surface area contributed by atoms with Crippen LogP contribution in [0.3, 0.4) is 0 Å². The van der Waals surface area contributed by atoms with Gasteiger partial charge in [-0.15, -0.1) is 0 Å². The molecular weight excluding hydrogens is 430 g/mol. The SMILES string of the molecule is CCOc1cc(NC(C)C(=O)NCC2CCCCC2)c(OCC)cc1NC(=O)c1ccccc1. The molecule has 34 heavy (non-hydrogen) atoms. The summed E-state index contributed by atoms with van der Waals surface area (Å²) in [5.41, 5.74) is 1.70. The predicted molar refractivity (Wildman–Crippen MR) is 136 cm³/mol. The van der Waals surface area contributed by atoms with Crippen LogP contribution >= 0.6 is 0 Å². The molecule has 0 aliphatic heterocycles. The summed E-state index contributed by atoms with van der Waals surface area (Å²) < 4.78 is 11.6. The maximum atomic E-state index is 12.7. The van der Waals surface area contributed by atoms with Gasteiger partial charge in [0.1, 0.15) is 17.5 Å². The molecule has 1 unspecified atom stereocenters. The van der Waals surface area contributed by atoms with Crippen molar-refractivity contribution in [1.82, 2.24) is 5.32 Å². The van der Waals surface area contributed by atoms with Gasteiger partial charge in [-0.2, -0.15) is 0 Å². The van der Waals surface area contributed by atoms with Crippen LogP contribution in [-0.4, -0.2) is 37.6 Å². The van der Waals surface area contributed by atoms with Gasteiger partial charge in [0, 0.05) is 24.2 Å². The second kappa shape index (κ2) is 12.9. The van der Waals surface area contributed by atoms with E-state index < -0.39 is 6.04 Å². The van der Waals surface area contributed by atoms with Crippen LogP contribution < -0.4 is 25.4 Å². The monoisotopic (exact) mass is 467 g/mol. The molecule has 0 spiro atoms. The van der Waals surface area contributed by atoms with Crippen LogP contribution in [0.15, 0.2) is 42.5 Å². The van der Waals surface area contributed by atoms with Crippen molar-refractivity contribution in [3.63, 3.8) is 0 Å². The lowest BCUT2D eigenvalue weighted by Crippen LogP contribution is -2.40. The average Bonchev–Trinajstić information content (AvgIpc) is 2.86. The normalized spacial score (nSPS) is 14.7. The molecule has 3 N–H and O–H groups in total. The lowest BCUT2D eigenvalue weighted by Gasteiger charge is -2.24. The summed E-state index contributed by atoms with van der Waals surface area (Å²) in [6.45, 7) is 7.20. The van der Waals surface area contributed by atoms with Crippen LogP contribution in [0.1, 0.15) is 63.2 Å². The third kappa shape index (κ3) is 7.14. The lowest BCUT2D eigenvalue weighted by molar-refractivity contribution is -0.121. The number of amides is 2. The first kappa shape index (κ1) is 25.4. The fourth-order valence-electron chi connectivity index (χ4n) is 4.19. The molecular formula is C27H37N3O4. The molecule has 7 nitrogen and oxygen atoms in total. The highest BCUT2D eigenvalue weighted by molar-refractivity contribution is 6.05. The van der Waals surface area contributed by atoms with E-state index >= 15 is 0 Å². The summed E-state index contributed by atoms with van der Waals surface area (Å²) in [7, 11) is 0. The molecule has 2 aromatic rings. The molecule has 0 aromatic heterocycles. The second-order valence-corrected chi connectivity index (χ2v) is 8.65. The summed E-state index contributed by atoms with van der Waals surface area (Å²) in [5, 5.41) is 9.27. The van der Waals surface area contributed by atoms with E-state index in [9.17, 15) is 9.59 Å². The Balaban J connectivity index is 1.74. The van der Waals surface area contributed by atoms with Crippen molar-refractivity contribution in [3.8, 4) is 11.5 Å². The number of carbonyl (C=O) groups excluding carboxylic acids is 2. The largest absolute Gasteiger partial charge is 0.492 e. The van der Waals surface area contributed by atoms with Crippen LogP contribution in [0, 0.1) is 5.92 Å². The van der Waals surface area contributed by atoms with E-state index in [1.54, 1.807) is 24.3 Å². The third-order valence-electron chi connectivity index (χ3n) is 6.02. The van der Waals surface area contributed by atoms with Crippen molar-refractivity contribution < 1.29 is 19.1 Å². The van der Waals surface area contributed by atoms with E-state index in [1.807, 2.05) is 39.0 Å². The van der Waals surface area contributed by atoms with Crippen molar-refractivity contribution in [2.24, 2.45) is 5.92 Å². The van der Waals surface area contributed by atoms with Crippen LogP contribution in [0.4, 0.5) is 11.4 Å². The smallest absolute Gasteiger partial charge is 0.255 e. The number of anilines is 2. The lowest BCUT2D eigenvalue weighted by atomic mass is 9.89. The number of ether oxygens (including phenoxy) is 2. The average molecular weight is 468 g/mol. The minimum atomic E-state index is -0.456. The Bertz CT molecular complexity index is 942. The first-order chi connectivity index (χ1) is 16.5. The van der Waals surface area contributed by atoms with Crippen molar-refractivity contribution in [2.75, 3.05) is 30.4 Å². The van der Waals surface area contributed by atoms with Crippen molar-refractivity contribution in [2.45, 2.75) is 58.9 Å². The van der Waals surface area contributed by atoms with E-state index in [-0.39, 0.29) is 11.8 Å². The maximum absolute atomic E-state index is 12.7. The van der Waals surface area contributed by atoms with Crippen molar-refractivity contribution >= 4 is 23.2 Å². The van der Waals surface area contributed by atoms with Gasteiger partial charge >= 0.3 is 0 Å². The molecule has 0 radical (unpaired) electrons. The summed E-state index contributed by atoms with van der Waals surface area (Å²) in [6.07, 6.45) is 6.17. The first-order valence-electron chi connectivity index (χ1n) is 12.4. The van der Waals surface area contributed by atoms with Gasteiger partial charge in [-0.05, 0) is 51.7 Å². The topological polar surface area (TPSA) is 88.7 Å². The molecule has 0 bridgehead atoms. The van der Waals surface area contributed by atoms with Gasteiger partial charge in [0.05, 0.1) is 24.6 Å². The Morgan fingerprint density at radius 2 is 1.56 bits per heavy atom. The van der Waals surface area contributed by atoms with Gasteiger partial charge in [-0.25, -0.2) is 0 Å². The molecule has 1 fully saturated rings. The van der Waals surface area contributed by atoms with Crippen LogP contribution in [0.25, 0.3) is 0 Å². The molecule has 1 aliphatic carbocycles. The van der Waals surface area contributed by atoms with Gasteiger partial charge in [0.2, 0.25) is 5.91 Å². The highest BCUT2D eigenvalue weighted by atomic mass is 16.5. The van der Waals surface area contributed by atoms with Gasteiger partial charge in [-0.1, -0.05) is 37.5 Å². The Kier molecular flexibility index (Phi) is 9.62. The zero-order chi connectivity index (χ0) is 24.3. The van der Waals surface area contributed by atoms with E-state index in [0.29, 0.717) is 47.6 Å². The van der Waals surface area contributed by atoms with Gasteiger partial charge < -0.3 is 25.4 Å². The highest BCUT2D eigenvalue weighted by Crippen LogP contribution is 2.37. The number of hydrogen-bond donors (Lipinski definition) is 3. The van der Waals surface area contributed by atoms with Crippen LogP contribution in [0.2, 0.25) is 0 Å². The quantitative estimate of drug-likeness (QED) is 0.421. The van der Waals surface area contributed by atoms with E-state index in [0.717, 1.165) is 6.54 Å². The van der Waals surface area contributed by atoms with Gasteiger partial charge in [0.15, 0.2) is 0 Å². The first-order valence-corrected chi connectivity index (χ1v) is 12.4. The predicted octanol–water partition coefficient (Wildman–Crippen LogP) is 5.23. The Morgan fingerprint density at radius 3 is 2.21 bits per heavy atom. The van der Waals surface area contributed by atoms with Crippen molar-refractivity contribution in [1.29, 1.82) is 0 Å². The number of carbonyl (C=O) groups is 2. The van der Waals surface area contributed by atoms with Gasteiger partial charge in [-0.3, -0.25) is 9.59 Å². The third-order valence-corrected chi connectivity index (χ3v) is 6.02. The Hall–Kier alpha value is -3.22. The van der Waals surface area contributed by atoms with Crippen molar-refractivity contribution in [3.05, 3.63) is 48.0 Å².